The molecule has 0 aromatic carbocycles. The molecule has 80 valence electrons. The lowest BCUT2D eigenvalue weighted by atomic mass is 10.3. The van der Waals surface area contributed by atoms with Crippen LogP contribution in [0, 0.1) is 6.92 Å². The SMILES string of the molecule is Cc1nc(Br)ccc1N1CC(Br)CC1=O. The number of aromatic nitrogens is 1. The van der Waals surface area contributed by atoms with Crippen LogP contribution in [0.3, 0.4) is 0 Å². The van der Waals surface area contributed by atoms with Crippen LogP contribution in [0.4, 0.5) is 5.69 Å². The van der Waals surface area contributed by atoms with Gasteiger partial charge in [0, 0.05) is 17.8 Å². The minimum atomic E-state index is 0.157. The Labute approximate surface area is 105 Å². The van der Waals surface area contributed by atoms with Gasteiger partial charge >= 0.3 is 0 Å². The first-order valence-electron chi connectivity index (χ1n) is 4.65. The second kappa shape index (κ2) is 4.22. The van der Waals surface area contributed by atoms with Gasteiger partial charge in [0.05, 0.1) is 11.4 Å². The number of alkyl halides is 1. The number of pyridine rings is 1. The molecule has 0 spiro atoms. The zero-order valence-electron chi connectivity index (χ0n) is 8.20. The van der Waals surface area contributed by atoms with Gasteiger partial charge in [-0.25, -0.2) is 4.98 Å². The zero-order valence-corrected chi connectivity index (χ0v) is 11.4. The third kappa shape index (κ3) is 2.23. The van der Waals surface area contributed by atoms with E-state index in [2.05, 4.69) is 36.8 Å². The number of hydrogen-bond acceptors (Lipinski definition) is 2. The van der Waals surface area contributed by atoms with Gasteiger partial charge in [-0.1, -0.05) is 15.9 Å². The van der Waals surface area contributed by atoms with E-state index in [-0.39, 0.29) is 10.7 Å². The maximum atomic E-state index is 11.7. The lowest BCUT2D eigenvalue weighted by molar-refractivity contribution is -0.117. The fraction of sp³-hybridized carbons (Fsp3) is 0.400. The molecule has 1 unspecified atom stereocenters. The van der Waals surface area contributed by atoms with E-state index in [1.54, 1.807) is 4.90 Å². The zero-order chi connectivity index (χ0) is 11.0. The molecule has 15 heavy (non-hydrogen) atoms. The fourth-order valence-corrected chi connectivity index (χ4v) is 2.67. The first kappa shape index (κ1) is 11.1. The molecule has 2 heterocycles. The van der Waals surface area contributed by atoms with Gasteiger partial charge in [0.25, 0.3) is 0 Å². The quantitative estimate of drug-likeness (QED) is 0.584. The van der Waals surface area contributed by atoms with Crippen molar-refractivity contribution >= 4 is 43.5 Å². The van der Waals surface area contributed by atoms with Gasteiger partial charge in [-0.2, -0.15) is 0 Å². The third-order valence-corrected chi connectivity index (χ3v) is 3.45. The van der Waals surface area contributed by atoms with Crippen molar-refractivity contribution in [1.29, 1.82) is 0 Å². The normalized spacial score (nSPS) is 21.1. The molecule has 3 nitrogen and oxygen atoms in total. The topological polar surface area (TPSA) is 33.2 Å². The molecule has 2 rings (SSSR count). The summed E-state index contributed by atoms with van der Waals surface area (Å²) in [5.41, 5.74) is 1.78. The Morgan fingerprint density at radius 1 is 1.53 bits per heavy atom. The summed E-state index contributed by atoms with van der Waals surface area (Å²) in [6.07, 6.45) is 0.565. The van der Waals surface area contributed by atoms with Crippen molar-refractivity contribution in [2.45, 2.75) is 18.2 Å². The highest BCUT2D eigenvalue weighted by Crippen LogP contribution is 2.27. The molecule has 0 saturated carbocycles. The van der Waals surface area contributed by atoms with Crippen LogP contribution in [0.5, 0.6) is 0 Å². The smallest absolute Gasteiger partial charge is 0.228 e. The van der Waals surface area contributed by atoms with E-state index >= 15 is 0 Å². The molecule has 0 radical (unpaired) electrons. The molecule has 5 heteroatoms. The van der Waals surface area contributed by atoms with Gasteiger partial charge in [0.2, 0.25) is 5.91 Å². The molecular weight excluding hydrogens is 324 g/mol. The Balaban J connectivity index is 2.34. The highest BCUT2D eigenvalue weighted by Gasteiger charge is 2.29. The van der Waals surface area contributed by atoms with Crippen molar-refractivity contribution in [3.05, 3.63) is 22.4 Å². The summed E-state index contributed by atoms with van der Waals surface area (Å²) in [6, 6.07) is 3.78. The number of halogens is 2. The first-order valence-corrected chi connectivity index (χ1v) is 6.36. The van der Waals surface area contributed by atoms with E-state index in [0.717, 1.165) is 22.5 Å². The molecule has 0 aliphatic carbocycles. The van der Waals surface area contributed by atoms with Crippen molar-refractivity contribution in [3.63, 3.8) is 0 Å². The van der Waals surface area contributed by atoms with Crippen LogP contribution in [-0.4, -0.2) is 22.3 Å². The van der Waals surface area contributed by atoms with Crippen LogP contribution < -0.4 is 4.90 Å². The number of nitrogens with zero attached hydrogens (tertiary/aromatic N) is 2. The number of aryl methyl sites for hydroxylation is 1. The highest BCUT2D eigenvalue weighted by molar-refractivity contribution is 9.10. The number of carbonyl (C=O) groups is 1. The summed E-state index contributed by atoms with van der Waals surface area (Å²) in [7, 11) is 0. The van der Waals surface area contributed by atoms with Crippen molar-refractivity contribution in [3.8, 4) is 0 Å². The Morgan fingerprint density at radius 2 is 2.27 bits per heavy atom. The van der Waals surface area contributed by atoms with Crippen molar-refractivity contribution < 1.29 is 4.79 Å². The Bertz CT molecular complexity index is 408. The van der Waals surface area contributed by atoms with Crippen LogP contribution in [-0.2, 0) is 4.79 Å². The van der Waals surface area contributed by atoms with E-state index in [0.29, 0.717) is 6.42 Å². The number of anilines is 1. The molecule has 1 fully saturated rings. The van der Waals surface area contributed by atoms with Crippen LogP contribution in [0.15, 0.2) is 16.7 Å². The van der Waals surface area contributed by atoms with Crippen molar-refractivity contribution in [2.24, 2.45) is 0 Å². The van der Waals surface area contributed by atoms with Gasteiger partial charge < -0.3 is 4.90 Å². The van der Waals surface area contributed by atoms with E-state index in [1.807, 2.05) is 19.1 Å². The number of hydrogen-bond donors (Lipinski definition) is 0. The molecule has 1 amide bonds. The van der Waals surface area contributed by atoms with Crippen LogP contribution in [0.25, 0.3) is 0 Å². The third-order valence-electron chi connectivity index (χ3n) is 2.39. The maximum absolute atomic E-state index is 11.7. The fourth-order valence-electron chi connectivity index (χ4n) is 1.71. The van der Waals surface area contributed by atoms with E-state index in [9.17, 15) is 4.79 Å². The van der Waals surface area contributed by atoms with Crippen molar-refractivity contribution in [2.75, 3.05) is 11.4 Å². The number of carbonyl (C=O) groups excluding carboxylic acids is 1. The van der Waals surface area contributed by atoms with Gasteiger partial charge in [0.1, 0.15) is 4.60 Å². The Kier molecular flexibility index (Phi) is 3.11. The monoisotopic (exact) mass is 332 g/mol. The molecule has 1 saturated heterocycles. The average Bonchev–Trinajstić information content (AvgIpc) is 2.45. The molecule has 1 aromatic heterocycles. The molecule has 1 aliphatic heterocycles. The molecule has 0 N–H and O–H groups in total. The summed E-state index contributed by atoms with van der Waals surface area (Å²) < 4.78 is 0.797. The second-order valence-electron chi connectivity index (χ2n) is 3.54. The highest BCUT2D eigenvalue weighted by atomic mass is 79.9. The first-order chi connectivity index (χ1) is 7.08. The van der Waals surface area contributed by atoms with Gasteiger partial charge in [-0.3, -0.25) is 4.79 Å². The van der Waals surface area contributed by atoms with Crippen LogP contribution in [0.1, 0.15) is 12.1 Å². The van der Waals surface area contributed by atoms with Crippen LogP contribution >= 0.6 is 31.9 Å². The molecule has 0 bridgehead atoms. The molecule has 1 aliphatic rings. The van der Waals surface area contributed by atoms with Crippen LogP contribution in [0.2, 0.25) is 0 Å². The summed E-state index contributed by atoms with van der Waals surface area (Å²) in [5.74, 6) is 0.157. The minimum Gasteiger partial charge on any atom is -0.309 e. The summed E-state index contributed by atoms with van der Waals surface area (Å²) in [6.45, 7) is 2.64. The number of rotatable bonds is 1. The predicted octanol–water partition coefficient (Wildman–Crippen LogP) is 2.65. The van der Waals surface area contributed by atoms with E-state index < -0.39 is 0 Å². The summed E-state index contributed by atoms with van der Waals surface area (Å²) >= 11 is 6.77. The molecule has 1 atom stereocenters. The van der Waals surface area contributed by atoms with Gasteiger partial charge in [-0.05, 0) is 35.0 Å². The number of amides is 1. The largest absolute Gasteiger partial charge is 0.309 e. The molecule has 1 aromatic rings. The average molecular weight is 334 g/mol. The van der Waals surface area contributed by atoms with Crippen molar-refractivity contribution in [1.82, 2.24) is 4.98 Å². The summed E-state index contributed by atoms with van der Waals surface area (Å²) in [4.78, 5) is 18.0. The lowest BCUT2D eigenvalue weighted by Crippen LogP contribution is -2.25. The Morgan fingerprint density at radius 3 is 2.80 bits per heavy atom. The van der Waals surface area contributed by atoms with Gasteiger partial charge in [0.15, 0.2) is 0 Å². The van der Waals surface area contributed by atoms with Gasteiger partial charge in [-0.15, -0.1) is 0 Å². The molecular formula is C10H10Br2N2O. The Hall–Kier alpha value is -0.420. The maximum Gasteiger partial charge on any atom is 0.228 e. The van der Waals surface area contributed by atoms with E-state index in [1.165, 1.54) is 0 Å². The van der Waals surface area contributed by atoms with E-state index in [4.69, 9.17) is 0 Å². The second-order valence-corrected chi connectivity index (χ2v) is 5.65. The lowest BCUT2D eigenvalue weighted by Gasteiger charge is -2.17. The standard InChI is InChI=1S/C10H10Br2N2O/c1-6-8(2-3-9(12)13-6)14-5-7(11)4-10(14)15/h2-3,7H,4-5H2,1H3. The minimum absolute atomic E-state index is 0.157. The summed E-state index contributed by atoms with van der Waals surface area (Å²) in [5, 5.41) is 0. The predicted molar refractivity (Wildman–Crippen MR) is 66.4 cm³/mol.